The molecule has 0 spiro atoms. The molecule has 0 aromatic heterocycles. The second-order valence-electron chi connectivity index (χ2n) is 6.18. The summed E-state index contributed by atoms with van der Waals surface area (Å²) in [6, 6.07) is 21.0. The summed E-state index contributed by atoms with van der Waals surface area (Å²) in [4.78, 5) is 0. The maximum absolute atomic E-state index is 10.5. The van der Waals surface area contributed by atoms with Crippen LogP contribution in [0.5, 0.6) is 0 Å². The highest BCUT2D eigenvalue weighted by atomic mass is 16.3. The van der Waals surface area contributed by atoms with Gasteiger partial charge in [-0.15, -0.1) is 0 Å². The average Bonchev–Trinajstić information content (AvgIpc) is 2.49. The Morgan fingerprint density at radius 1 is 0.714 bits per heavy atom. The first-order chi connectivity index (χ1) is 10.2. The summed E-state index contributed by atoms with van der Waals surface area (Å²) < 4.78 is 0. The van der Waals surface area contributed by atoms with Gasteiger partial charge in [-0.05, 0) is 56.6 Å². The van der Waals surface area contributed by atoms with Crippen LogP contribution in [-0.2, 0) is 12.8 Å². The van der Waals surface area contributed by atoms with Crippen LogP contribution in [0.15, 0.2) is 60.7 Å². The zero-order valence-corrected chi connectivity index (χ0v) is 13.0. The van der Waals surface area contributed by atoms with Crippen LogP contribution in [0, 0.1) is 0 Å². The van der Waals surface area contributed by atoms with Crippen LogP contribution in [0.3, 0.4) is 0 Å². The number of aryl methyl sites for hydroxylation is 2. The summed E-state index contributed by atoms with van der Waals surface area (Å²) in [7, 11) is 0. The van der Waals surface area contributed by atoms with Gasteiger partial charge in [-0.3, -0.25) is 0 Å². The predicted molar refractivity (Wildman–Crippen MR) is 89.4 cm³/mol. The zero-order valence-electron chi connectivity index (χ0n) is 13.0. The Bertz CT molecular complexity index is 454. The van der Waals surface area contributed by atoms with Gasteiger partial charge in [0.25, 0.3) is 0 Å². The molecule has 1 heteroatoms. The van der Waals surface area contributed by atoms with Gasteiger partial charge in [0.2, 0.25) is 0 Å². The van der Waals surface area contributed by atoms with Crippen molar-refractivity contribution in [2.24, 2.45) is 0 Å². The van der Waals surface area contributed by atoms with Crippen molar-refractivity contribution in [2.45, 2.75) is 51.0 Å². The van der Waals surface area contributed by atoms with Gasteiger partial charge in [0.1, 0.15) is 0 Å². The fourth-order valence-electron chi connectivity index (χ4n) is 2.76. The van der Waals surface area contributed by atoms with E-state index >= 15 is 0 Å². The molecule has 2 aromatic carbocycles. The van der Waals surface area contributed by atoms with Crippen molar-refractivity contribution in [2.75, 3.05) is 0 Å². The molecule has 0 heterocycles. The smallest absolute Gasteiger partial charge is 0.0620 e. The van der Waals surface area contributed by atoms with Crippen molar-refractivity contribution in [1.29, 1.82) is 0 Å². The minimum atomic E-state index is -0.538. The Balaban J connectivity index is 1.67. The van der Waals surface area contributed by atoms with Gasteiger partial charge < -0.3 is 5.11 Å². The number of rotatable bonds is 8. The monoisotopic (exact) mass is 282 g/mol. The lowest BCUT2D eigenvalue weighted by molar-refractivity contribution is 0.0382. The lowest BCUT2D eigenvalue weighted by atomic mass is 9.91. The van der Waals surface area contributed by atoms with E-state index < -0.39 is 5.60 Å². The molecule has 0 bridgehead atoms. The number of benzene rings is 2. The molecule has 112 valence electrons. The molecule has 2 aromatic rings. The molecule has 21 heavy (non-hydrogen) atoms. The van der Waals surface area contributed by atoms with E-state index in [0.717, 1.165) is 38.5 Å². The van der Waals surface area contributed by atoms with Crippen LogP contribution in [0.2, 0.25) is 0 Å². The molecule has 0 atom stereocenters. The molecule has 0 unspecified atom stereocenters. The lowest BCUT2D eigenvalue weighted by Gasteiger charge is -2.23. The molecule has 1 nitrogen and oxygen atoms in total. The largest absolute Gasteiger partial charge is 0.390 e. The van der Waals surface area contributed by atoms with E-state index in [4.69, 9.17) is 0 Å². The Hall–Kier alpha value is -1.60. The van der Waals surface area contributed by atoms with Crippen LogP contribution in [-0.4, -0.2) is 10.7 Å². The molecule has 0 amide bonds. The highest BCUT2D eigenvalue weighted by Crippen LogP contribution is 2.21. The minimum Gasteiger partial charge on any atom is -0.390 e. The van der Waals surface area contributed by atoms with Gasteiger partial charge >= 0.3 is 0 Å². The lowest BCUT2D eigenvalue weighted by Crippen LogP contribution is -2.24. The van der Waals surface area contributed by atoms with Gasteiger partial charge in [0, 0.05) is 0 Å². The second-order valence-corrected chi connectivity index (χ2v) is 6.18. The molecule has 0 saturated carbocycles. The quantitative estimate of drug-likeness (QED) is 0.738. The first-order valence-electron chi connectivity index (χ1n) is 7.96. The van der Waals surface area contributed by atoms with Crippen molar-refractivity contribution in [1.82, 2.24) is 0 Å². The SMILES string of the molecule is CC(O)(CCCc1ccccc1)CCCc1ccccc1. The minimum absolute atomic E-state index is 0.538. The third kappa shape index (κ3) is 6.14. The van der Waals surface area contributed by atoms with Crippen LogP contribution in [0.4, 0.5) is 0 Å². The Morgan fingerprint density at radius 2 is 1.10 bits per heavy atom. The summed E-state index contributed by atoms with van der Waals surface area (Å²) in [6.45, 7) is 1.98. The van der Waals surface area contributed by atoms with Crippen molar-refractivity contribution < 1.29 is 5.11 Å². The van der Waals surface area contributed by atoms with Crippen LogP contribution in [0.25, 0.3) is 0 Å². The average molecular weight is 282 g/mol. The molecule has 0 aliphatic carbocycles. The van der Waals surface area contributed by atoms with E-state index in [1.165, 1.54) is 11.1 Å². The van der Waals surface area contributed by atoms with Gasteiger partial charge in [-0.25, -0.2) is 0 Å². The molecule has 1 N–H and O–H groups in total. The van der Waals surface area contributed by atoms with Gasteiger partial charge in [0.05, 0.1) is 5.60 Å². The van der Waals surface area contributed by atoms with Crippen LogP contribution in [0.1, 0.15) is 43.7 Å². The molecule has 0 radical (unpaired) electrons. The fraction of sp³-hybridized carbons (Fsp3) is 0.400. The normalized spacial score (nSPS) is 11.5. The summed E-state index contributed by atoms with van der Waals surface area (Å²) in [5.41, 5.74) is 2.18. The first-order valence-corrected chi connectivity index (χ1v) is 7.96. The molecule has 2 rings (SSSR count). The molecule has 0 fully saturated rings. The van der Waals surface area contributed by atoms with Gasteiger partial charge in [-0.2, -0.15) is 0 Å². The molecular formula is C20H26O. The molecule has 0 aliphatic rings. The van der Waals surface area contributed by atoms with Crippen molar-refractivity contribution in [3.63, 3.8) is 0 Å². The first kappa shape index (κ1) is 15.8. The van der Waals surface area contributed by atoms with Crippen molar-refractivity contribution >= 4 is 0 Å². The topological polar surface area (TPSA) is 20.2 Å². The Labute approximate surface area is 128 Å². The van der Waals surface area contributed by atoms with E-state index in [1.54, 1.807) is 0 Å². The number of hydrogen-bond donors (Lipinski definition) is 1. The third-order valence-corrected chi connectivity index (χ3v) is 4.05. The number of hydrogen-bond acceptors (Lipinski definition) is 1. The third-order valence-electron chi connectivity index (χ3n) is 4.05. The van der Waals surface area contributed by atoms with Gasteiger partial charge in [-0.1, -0.05) is 60.7 Å². The highest BCUT2D eigenvalue weighted by molar-refractivity contribution is 5.15. The Morgan fingerprint density at radius 3 is 1.48 bits per heavy atom. The van der Waals surface area contributed by atoms with Gasteiger partial charge in [0.15, 0.2) is 0 Å². The molecule has 0 saturated heterocycles. The molecule has 0 aliphatic heterocycles. The molecular weight excluding hydrogens is 256 g/mol. The maximum atomic E-state index is 10.5. The van der Waals surface area contributed by atoms with Crippen molar-refractivity contribution in [3.8, 4) is 0 Å². The highest BCUT2D eigenvalue weighted by Gasteiger charge is 2.19. The standard InChI is InChI=1S/C20H26O/c1-20(21,16-8-14-18-10-4-2-5-11-18)17-9-15-19-12-6-3-7-13-19/h2-7,10-13,21H,8-9,14-17H2,1H3. The van der Waals surface area contributed by atoms with E-state index in [-0.39, 0.29) is 0 Å². The summed E-state index contributed by atoms with van der Waals surface area (Å²) in [6.07, 6.45) is 5.93. The zero-order chi connectivity index (χ0) is 15.0. The number of aliphatic hydroxyl groups is 1. The predicted octanol–water partition coefficient (Wildman–Crippen LogP) is 4.78. The van der Waals surface area contributed by atoms with E-state index in [9.17, 15) is 5.11 Å². The van der Waals surface area contributed by atoms with Crippen molar-refractivity contribution in [3.05, 3.63) is 71.8 Å². The van der Waals surface area contributed by atoms with E-state index in [2.05, 4.69) is 48.5 Å². The Kier molecular flexibility index (Phi) is 6.01. The van der Waals surface area contributed by atoms with E-state index in [1.807, 2.05) is 19.1 Å². The summed E-state index contributed by atoms with van der Waals surface area (Å²) >= 11 is 0. The van der Waals surface area contributed by atoms with Crippen LogP contribution < -0.4 is 0 Å². The van der Waals surface area contributed by atoms with E-state index in [0.29, 0.717) is 0 Å². The summed E-state index contributed by atoms with van der Waals surface area (Å²) in [5, 5.41) is 10.5. The fourth-order valence-corrected chi connectivity index (χ4v) is 2.76. The summed E-state index contributed by atoms with van der Waals surface area (Å²) in [5.74, 6) is 0. The second kappa shape index (κ2) is 7.99. The maximum Gasteiger partial charge on any atom is 0.0620 e. The van der Waals surface area contributed by atoms with Crippen LogP contribution >= 0.6 is 0 Å².